The van der Waals surface area contributed by atoms with Crippen molar-refractivity contribution in [2.45, 2.75) is 84.2 Å². The van der Waals surface area contributed by atoms with E-state index in [-0.39, 0.29) is 5.54 Å². The fourth-order valence-electron chi connectivity index (χ4n) is 3.75. The monoisotopic (exact) mass is 306 g/mol. The number of aryl methyl sites for hydroxylation is 2. The molecular weight excluding hydrogens is 276 g/mol. The van der Waals surface area contributed by atoms with Crippen LogP contribution in [0.5, 0.6) is 0 Å². The van der Waals surface area contributed by atoms with Crippen LogP contribution in [0.2, 0.25) is 0 Å². The lowest BCUT2D eigenvalue weighted by molar-refractivity contribution is 0.272. The van der Waals surface area contributed by atoms with E-state index in [9.17, 15) is 0 Å². The first-order chi connectivity index (χ1) is 10.00. The van der Waals surface area contributed by atoms with Crippen LogP contribution in [-0.4, -0.2) is 11.0 Å². The van der Waals surface area contributed by atoms with Gasteiger partial charge < -0.3 is 5.32 Å². The predicted octanol–water partition coefficient (Wildman–Crippen LogP) is 4.94. The first kappa shape index (κ1) is 15.5. The largest absolute Gasteiger partial charge is 0.303 e. The van der Waals surface area contributed by atoms with Gasteiger partial charge in [-0.15, -0.1) is 11.3 Å². The summed E-state index contributed by atoms with van der Waals surface area (Å²) < 4.78 is 0. The second-order valence-electron chi connectivity index (χ2n) is 7.60. The van der Waals surface area contributed by atoms with Gasteiger partial charge in [0.2, 0.25) is 0 Å². The van der Waals surface area contributed by atoms with Crippen LogP contribution in [-0.2, 0) is 5.54 Å². The van der Waals surface area contributed by atoms with Crippen molar-refractivity contribution in [3.8, 4) is 0 Å². The van der Waals surface area contributed by atoms with Crippen LogP contribution in [0.25, 0.3) is 0 Å². The Bertz CT molecular complexity index is 470. The van der Waals surface area contributed by atoms with Crippen molar-refractivity contribution in [3.05, 3.63) is 15.6 Å². The number of aromatic nitrogens is 1. The quantitative estimate of drug-likeness (QED) is 0.797. The molecule has 0 spiro atoms. The Balaban J connectivity index is 1.86. The van der Waals surface area contributed by atoms with E-state index >= 15 is 0 Å². The van der Waals surface area contributed by atoms with Crippen molar-refractivity contribution in [3.63, 3.8) is 0 Å². The minimum atomic E-state index is 0.175. The summed E-state index contributed by atoms with van der Waals surface area (Å²) in [5.41, 5.74) is 1.41. The highest BCUT2D eigenvalue weighted by Crippen LogP contribution is 2.43. The number of thiazole rings is 1. The number of nitrogens with one attached hydrogen (secondary N) is 1. The summed E-state index contributed by atoms with van der Waals surface area (Å²) in [6.07, 6.45) is 9.37. The summed E-state index contributed by atoms with van der Waals surface area (Å²) in [4.78, 5) is 6.35. The summed E-state index contributed by atoms with van der Waals surface area (Å²) in [7, 11) is 0. The Morgan fingerprint density at radius 1 is 1.14 bits per heavy atom. The average molecular weight is 307 g/mol. The maximum absolute atomic E-state index is 4.95. The van der Waals surface area contributed by atoms with Gasteiger partial charge in [0.05, 0.1) is 11.2 Å². The van der Waals surface area contributed by atoms with Crippen molar-refractivity contribution >= 4 is 11.3 Å². The van der Waals surface area contributed by atoms with Gasteiger partial charge in [-0.1, -0.05) is 26.7 Å². The first-order valence-electron chi connectivity index (χ1n) is 8.72. The molecule has 21 heavy (non-hydrogen) atoms. The lowest BCUT2D eigenvalue weighted by Crippen LogP contribution is -2.43. The first-order valence-corrected chi connectivity index (χ1v) is 9.54. The highest BCUT2D eigenvalue weighted by atomic mass is 32.1. The average Bonchev–Trinajstić information content (AvgIpc) is 3.20. The lowest BCUT2D eigenvalue weighted by atomic mass is 9.86. The Morgan fingerprint density at radius 3 is 2.48 bits per heavy atom. The molecule has 2 unspecified atom stereocenters. The van der Waals surface area contributed by atoms with E-state index in [0.29, 0.717) is 0 Å². The molecule has 0 aromatic carbocycles. The molecule has 2 aliphatic carbocycles. The molecule has 0 saturated heterocycles. The second kappa shape index (κ2) is 6.00. The molecule has 1 N–H and O–H groups in total. The molecule has 0 amide bonds. The highest BCUT2D eigenvalue weighted by molar-refractivity contribution is 7.11. The topological polar surface area (TPSA) is 24.9 Å². The second-order valence-corrected chi connectivity index (χ2v) is 8.80. The highest BCUT2D eigenvalue weighted by Gasteiger charge is 2.41. The van der Waals surface area contributed by atoms with Crippen molar-refractivity contribution in [1.29, 1.82) is 0 Å². The molecule has 0 radical (unpaired) electrons. The van der Waals surface area contributed by atoms with Gasteiger partial charge in [-0.3, -0.25) is 0 Å². The van der Waals surface area contributed by atoms with Crippen molar-refractivity contribution < 1.29 is 0 Å². The molecule has 0 aliphatic heterocycles. The Morgan fingerprint density at radius 2 is 1.90 bits per heavy atom. The third-order valence-electron chi connectivity index (χ3n) is 5.56. The zero-order valence-electron chi connectivity index (χ0n) is 14.0. The normalized spacial score (nSPS) is 30.6. The fourth-order valence-corrected chi connectivity index (χ4v) is 4.87. The molecule has 1 heterocycles. The zero-order chi connectivity index (χ0) is 15.0. The van der Waals surface area contributed by atoms with Gasteiger partial charge in [0.25, 0.3) is 0 Å². The van der Waals surface area contributed by atoms with E-state index in [0.717, 1.165) is 17.9 Å². The lowest BCUT2D eigenvalue weighted by Gasteiger charge is -2.33. The summed E-state index contributed by atoms with van der Waals surface area (Å²) >= 11 is 1.93. The summed E-state index contributed by atoms with van der Waals surface area (Å²) in [5.74, 6) is 1.72. The minimum absolute atomic E-state index is 0.175. The number of hydrogen-bond acceptors (Lipinski definition) is 3. The number of hydrogen-bond donors (Lipinski definition) is 1. The Labute approximate surface area is 133 Å². The van der Waals surface area contributed by atoms with Gasteiger partial charge in [0.15, 0.2) is 0 Å². The number of nitrogens with zero attached hydrogens (tertiary/aromatic N) is 1. The van der Waals surface area contributed by atoms with E-state index in [1.807, 2.05) is 11.3 Å². The maximum Gasteiger partial charge on any atom is 0.113 e. The Kier molecular flexibility index (Phi) is 4.42. The van der Waals surface area contributed by atoms with Crippen LogP contribution in [0.4, 0.5) is 0 Å². The molecule has 2 nitrogen and oxygen atoms in total. The molecule has 1 aromatic heterocycles. The van der Waals surface area contributed by atoms with Crippen LogP contribution in [0.15, 0.2) is 0 Å². The van der Waals surface area contributed by atoms with Gasteiger partial charge in [-0.05, 0) is 57.8 Å². The van der Waals surface area contributed by atoms with Gasteiger partial charge >= 0.3 is 0 Å². The maximum atomic E-state index is 4.95. The smallest absolute Gasteiger partial charge is 0.113 e. The van der Waals surface area contributed by atoms with Crippen LogP contribution < -0.4 is 5.32 Å². The van der Waals surface area contributed by atoms with E-state index in [4.69, 9.17) is 4.98 Å². The van der Waals surface area contributed by atoms with Gasteiger partial charge in [-0.25, -0.2) is 4.98 Å². The standard InChI is InChI=1S/C18H30N2S/c1-12(2)15-6-5-10-18(11-9-15,20-16-7-8-16)17-19-13(3)14(4)21-17/h12,15-16,20H,5-11H2,1-4H3. The van der Waals surface area contributed by atoms with Crippen LogP contribution in [0.1, 0.15) is 74.4 Å². The van der Waals surface area contributed by atoms with Crippen molar-refractivity contribution in [1.82, 2.24) is 10.3 Å². The number of rotatable bonds is 4. The van der Waals surface area contributed by atoms with Crippen molar-refractivity contribution in [2.24, 2.45) is 11.8 Å². The summed E-state index contributed by atoms with van der Waals surface area (Å²) in [6, 6.07) is 0.755. The fraction of sp³-hybridized carbons (Fsp3) is 0.833. The van der Waals surface area contributed by atoms with E-state index in [1.165, 1.54) is 60.5 Å². The predicted molar refractivity (Wildman–Crippen MR) is 90.8 cm³/mol. The SMILES string of the molecule is Cc1nc(C2(NC3CC3)CCCC(C(C)C)CC2)sc1C. The molecule has 2 saturated carbocycles. The molecule has 2 atom stereocenters. The molecular formula is C18H30N2S. The molecule has 1 aromatic rings. The summed E-state index contributed by atoms with van der Waals surface area (Å²) in [5, 5.41) is 5.38. The molecule has 2 aliphatic rings. The Hall–Kier alpha value is -0.410. The van der Waals surface area contributed by atoms with Gasteiger partial charge in [0.1, 0.15) is 5.01 Å². The van der Waals surface area contributed by atoms with Gasteiger partial charge in [0, 0.05) is 10.9 Å². The molecule has 3 rings (SSSR count). The zero-order valence-corrected chi connectivity index (χ0v) is 14.9. The third kappa shape index (κ3) is 3.34. The minimum Gasteiger partial charge on any atom is -0.303 e. The van der Waals surface area contributed by atoms with E-state index < -0.39 is 0 Å². The van der Waals surface area contributed by atoms with Crippen LogP contribution in [0.3, 0.4) is 0 Å². The molecule has 0 bridgehead atoms. The van der Waals surface area contributed by atoms with Crippen LogP contribution >= 0.6 is 11.3 Å². The van der Waals surface area contributed by atoms with E-state index in [1.54, 1.807) is 0 Å². The van der Waals surface area contributed by atoms with Crippen LogP contribution in [0, 0.1) is 25.7 Å². The molecule has 3 heteroatoms. The van der Waals surface area contributed by atoms with E-state index in [2.05, 4.69) is 33.0 Å². The van der Waals surface area contributed by atoms with Gasteiger partial charge in [-0.2, -0.15) is 0 Å². The van der Waals surface area contributed by atoms with Crippen molar-refractivity contribution in [2.75, 3.05) is 0 Å². The summed E-state index contributed by atoms with van der Waals surface area (Å²) in [6.45, 7) is 9.16. The third-order valence-corrected chi connectivity index (χ3v) is 6.84. The molecule has 118 valence electrons. The molecule has 2 fully saturated rings.